The van der Waals surface area contributed by atoms with Gasteiger partial charge in [-0.25, -0.2) is 4.98 Å². The number of nitrogens with zero attached hydrogens (tertiary/aromatic N) is 3. The molecular weight excluding hydrogens is 346 g/mol. The van der Waals surface area contributed by atoms with Gasteiger partial charge in [-0.2, -0.15) is 0 Å². The number of rotatable bonds is 4. The Kier molecular flexibility index (Phi) is 5.20. The zero-order chi connectivity index (χ0) is 17.9. The number of hydrogen-bond donors (Lipinski definition) is 0. The van der Waals surface area contributed by atoms with Crippen molar-refractivity contribution in [2.24, 2.45) is 5.92 Å². The van der Waals surface area contributed by atoms with E-state index in [0.29, 0.717) is 37.6 Å². The highest BCUT2D eigenvalue weighted by Gasteiger charge is 2.27. The molecule has 0 spiro atoms. The van der Waals surface area contributed by atoms with Gasteiger partial charge in [0.05, 0.1) is 10.2 Å². The van der Waals surface area contributed by atoms with Gasteiger partial charge < -0.3 is 9.80 Å². The number of thiazole rings is 1. The predicted octanol–water partition coefficient (Wildman–Crippen LogP) is 3.55. The molecule has 2 heterocycles. The maximum atomic E-state index is 12.7. The fourth-order valence-corrected chi connectivity index (χ4v) is 4.98. The molecule has 2 aliphatic rings. The van der Waals surface area contributed by atoms with Crippen molar-refractivity contribution >= 4 is 33.4 Å². The summed E-state index contributed by atoms with van der Waals surface area (Å²) in [6.45, 7) is 2.48. The zero-order valence-electron chi connectivity index (χ0n) is 15.0. The number of fused-ring (bicyclic) bond motifs is 1. The molecule has 26 heavy (non-hydrogen) atoms. The third-order valence-electron chi connectivity index (χ3n) is 5.64. The second-order valence-corrected chi connectivity index (χ2v) is 8.38. The normalized spacial score (nSPS) is 18.6. The lowest BCUT2D eigenvalue weighted by Crippen LogP contribution is -2.50. The maximum absolute atomic E-state index is 12.7. The molecule has 4 rings (SSSR count). The van der Waals surface area contributed by atoms with E-state index in [0.717, 1.165) is 22.6 Å². The Morgan fingerprint density at radius 3 is 2.46 bits per heavy atom. The Bertz CT molecular complexity index is 756. The highest BCUT2D eigenvalue weighted by Crippen LogP contribution is 2.29. The molecule has 2 amide bonds. The van der Waals surface area contributed by atoms with Crippen LogP contribution in [0.2, 0.25) is 0 Å². The molecule has 1 aliphatic carbocycles. The maximum Gasteiger partial charge on any atom is 0.282 e. The Morgan fingerprint density at radius 1 is 1.04 bits per heavy atom. The first kappa shape index (κ1) is 17.5. The van der Waals surface area contributed by atoms with E-state index < -0.39 is 0 Å². The van der Waals surface area contributed by atoms with Crippen LogP contribution in [0.5, 0.6) is 0 Å². The van der Waals surface area contributed by atoms with Crippen LogP contribution in [0.1, 0.15) is 48.3 Å². The van der Waals surface area contributed by atoms with Crippen molar-refractivity contribution in [1.82, 2.24) is 14.8 Å². The Labute approximate surface area is 158 Å². The van der Waals surface area contributed by atoms with E-state index in [-0.39, 0.29) is 11.8 Å². The zero-order valence-corrected chi connectivity index (χ0v) is 15.8. The fourth-order valence-electron chi connectivity index (χ4n) is 4.04. The SMILES string of the molecule is O=C(CCC1CCCC1)N1CCN(C(=O)c2nc3ccccc3s2)CC1. The molecule has 0 N–H and O–H groups in total. The Morgan fingerprint density at radius 2 is 1.73 bits per heavy atom. The predicted molar refractivity (Wildman–Crippen MR) is 103 cm³/mol. The molecule has 2 aromatic rings. The van der Waals surface area contributed by atoms with E-state index in [9.17, 15) is 9.59 Å². The van der Waals surface area contributed by atoms with Gasteiger partial charge in [-0.05, 0) is 24.5 Å². The van der Waals surface area contributed by atoms with Crippen molar-refractivity contribution in [2.45, 2.75) is 38.5 Å². The van der Waals surface area contributed by atoms with Gasteiger partial charge in [0, 0.05) is 32.6 Å². The van der Waals surface area contributed by atoms with Gasteiger partial charge in [-0.1, -0.05) is 37.8 Å². The van der Waals surface area contributed by atoms with Gasteiger partial charge in [0.15, 0.2) is 5.01 Å². The fraction of sp³-hybridized carbons (Fsp3) is 0.550. The van der Waals surface area contributed by atoms with E-state index >= 15 is 0 Å². The number of carbonyl (C=O) groups excluding carboxylic acids is 2. The molecule has 1 aromatic heterocycles. The summed E-state index contributed by atoms with van der Waals surface area (Å²) in [6, 6.07) is 7.82. The monoisotopic (exact) mass is 371 g/mol. The summed E-state index contributed by atoms with van der Waals surface area (Å²) in [6.07, 6.45) is 6.92. The average Bonchev–Trinajstić information content (AvgIpc) is 3.35. The second-order valence-electron chi connectivity index (χ2n) is 7.35. The molecule has 5 nitrogen and oxygen atoms in total. The summed E-state index contributed by atoms with van der Waals surface area (Å²) in [5.41, 5.74) is 0.876. The number of para-hydroxylation sites is 1. The smallest absolute Gasteiger partial charge is 0.282 e. The standard InChI is InChI=1S/C20H25N3O2S/c24-18(10-9-15-5-1-2-6-15)22-11-13-23(14-12-22)20(25)19-21-16-7-3-4-8-17(16)26-19/h3-4,7-8,15H,1-2,5-6,9-14H2. The number of benzene rings is 1. The van der Waals surface area contributed by atoms with Crippen LogP contribution in [0.25, 0.3) is 10.2 Å². The molecule has 2 fully saturated rings. The van der Waals surface area contributed by atoms with Crippen molar-refractivity contribution in [2.75, 3.05) is 26.2 Å². The van der Waals surface area contributed by atoms with Crippen LogP contribution in [0.4, 0.5) is 0 Å². The molecular formula is C20H25N3O2S. The molecule has 0 atom stereocenters. The average molecular weight is 372 g/mol. The van der Waals surface area contributed by atoms with Crippen LogP contribution >= 0.6 is 11.3 Å². The molecule has 0 radical (unpaired) electrons. The summed E-state index contributed by atoms with van der Waals surface area (Å²) < 4.78 is 1.04. The van der Waals surface area contributed by atoms with Crippen LogP contribution in [0, 0.1) is 5.92 Å². The number of amides is 2. The lowest BCUT2D eigenvalue weighted by Gasteiger charge is -2.34. The van der Waals surface area contributed by atoms with Crippen molar-refractivity contribution in [3.8, 4) is 0 Å². The summed E-state index contributed by atoms with van der Waals surface area (Å²) in [4.78, 5) is 33.4. The minimum absolute atomic E-state index is 0.00995. The summed E-state index contributed by atoms with van der Waals surface area (Å²) in [5.74, 6) is 0.995. The van der Waals surface area contributed by atoms with E-state index in [4.69, 9.17) is 0 Å². The van der Waals surface area contributed by atoms with Crippen LogP contribution in [0.15, 0.2) is 24.3 Å². The molecule has 1 saturated heterocycles. The molecule has 1 aliphatic heterocycles. The van der Waals surface area contributed by atoms with Crippen molar-refractivity contribution in [1.29, 1.82) is 0 Å². The molecule has 1 saturated carbocycles. The van der Waals surface area contributed by atoms with E-state index in [1.54, 1.807) is 0 Å². The third-order valence-corrected chi connectivity index (χ3v) is 6.66. The molecule has 6 heteroatoms. The highest BCUT2D eigenvalue weighted by molar-refractivity contribution is 7.20. The lowest BCUT2D eigenvalue weighted by atomic mass is 10.0. The van der Waals surface area contributed by atoms with E-state index in [1.165, 1.54) is 37.0 Å². The van der Waals surface area contributed by atoms with Crippen LogP contribution in [-0.4, -0.2) is 52.8 Å². The first-order chi connectivity index (χ1) is 12.7. The van der Waals surface area contributed by atoms with Crippen LogP contribution < -0.4 is 0 Å². The third kappa shape index (κ3) is 3.75. The molecule has 0 unspecified atom stereocenters. The summed E-state index contributed by atoms with van der Waals surface area (Å²) in [5, 5.41) is 0.548. The number of carbonyl (C=O) groups is 2. The number of aromatic nitrogens is 1. The van der Waals surface area contributed by atoms with Gasteiger partial charge in [-0.3, -0.25) is 9.59 Å². The quantitative estimate of drug-likeness (QED) is 0.826. The highest BCUT2D eigenvalue weighted by atomic mass is 32.1. The topological polar surface area (TPSA) is 53.5 Å². The minimum Gasteiger partial charge on any atom is -0.339 e. The van der Waals surface area contributed by atoms with Crippen molar-refractivity contribution in [3.05, 3.63) is 29.3 Å². The first-order valence-corrected chi connectivity index (χ1v) is 10.4. The van der Waals surface area contributed by atoms with Crippen molar-refractivity contribution in [3.63, 3.8) is 0 Å². The van der Waals surface area contributed by atoms with Gasteiger partial charge in [0.1, 0.15) is 0 Å². The Hall–Kier alpha value is -1.95. The second kappa shape index (κ2) is 7.74. The summed E-state index contributed by atoms with van der Waals surface area (Å²) in [7, 11) is 0. The van der Waals surface area contributed by atoms with E-state index in [1.807, 2.05) is 34.1 Å². The minimum atomic E-state index is -0.00995. The van der Waals surface area contributed by atoms with Gasteiger partial charge in [0.25, 0.3) is 5.91 Å². The first-order valence-electron chi connectivity index (χ1n) is 9.63. The van der Waals surface area contributed by atoms with Gasteiger partial charge >= 0.3 is 0 Å². The van der Waals surface area contributed by atoms with Crippen LogP contribution in [0.3, 0.4) is 0 Å². The van der Waals surface area contributed by atoms with Crippen molar-refractivity contribution < 1.29 is 9.59 Å². The van der Waals surface area contributed by atoms with Gasteiger partial charge in [0.2, 0.25) is 5.91 Å². The lowest BCUT2D eigenvalue weighted by molar-refractivity contribution is -0.133. The van der Waals surface area contributed by atoms with Crippen LogP contribution in [-0.2, 0) is 4.79 Å². The summed E-state index contributed by atoms with van der Waals surface area (Å²) >= 11 is 1.45. The molecule has 138 valence electrons. The van der Waals surface area contributed by atoms with Gasteiger partial charge in [-0.15, -0.1) is 11.3 Å². The van der Waals surface area contributed by atoms with E-state index in [2.05, 4.69) is 4.98 Å². The number of hydrogen-bond acceptors (Lipinski definition) is 4. The molecule has 0 bridgehead atoms. The molecule has 1 aromatic carbocycles. The largest absolute Gasteiger partial charge is 0.339 e. The Balaban J connectivity index is 1.29. The number of piperazine rings is 1.